The zero-order valence-corrected chi connectivity index (χ0v) is 22.0. The third kappa shape index (κ3) is 7.60. The fourth-order valence-corrected chi connectivity index (χ4v) is 4.80. The van der Waals surface area contributed by atoms with E-state index in [4.69, 9.17) is 33.2 Å². The Kier molecular flexibility index (Phi) is 11.2. The molecule has 0 unspecified atom stereocenters. The van der Waals surface area contributed by atoms with Gasteiger partial charge in [0.25, 0.3) is 0 Å². The first kappa shape index (κ1) is 30.0. The Hall–Kier alpha value is -2.00. The van der Waals surface area contributed by atoms with Crippen LogP contribution in [0.15, 0.2) is 60.7 Å². The Balaban J connectivity index is 1.44. The van der Waals surface area contributed by atoms with E-state index in [2.05, 4.69) is 0 Å². The Bertz CT molecular complexity index is 964. The smallest absolute Gasteiger partial charge is 0.187 e. The molecule has 2 saturated heterocycles. The third-order valence-electron chi connectivity index (χ3n) is 6.90. The van der Waals surface area contributed by atoms with E-state index in [1.54, 1.807) is 0 Å². The van der Waals surface area contributed by atoms with Crippen LogP contribution in [0.5, 0.6) is 0 Å². The van der Waals surface area contributed by atoms with Gasteiger partial charge in [0.15, 0.2) is 12.6 Å². The standard InChI is InChI=1S/C28H38O11/c1-33-25-21(29)19(15-35-13-17-9-5-3-6-10-17)38-28(23(25)31)39-24-20(37-27(32)22(30)26(24)34-2)16-36-14-18-11-7-4-8-12-18/h3-12,19-32H,13-16H2,1-2H3/t19-,20-,21-,22+,23+,24-,25+,26-,27+,28-/m1/s1. The summed E-state index contributed by atoms with van der Waals surface area (Å²) >= 11 is 0. The van der Waals surface area contributed by atoms with E-state index < -0.39 is 61.4 Å². The summed E-state index contributed by atoms with van der Waals surface area (Å²) in [4.78, 5) is 0. The van der Waals surface area contributed by atoms with E-state index >= 15 is 0 Å². The van der Waals surface area contributed by atoms with Crippen LogP contribution in [0.2, 0.25) is 0 Å². The molecule has 2 heterocycles. The second-order valence-corrected chi connectivity index (χ2v) is 9.58. The molecular weight excluding hydrogens is 512 g/mol. The van der Waals surface area contributed by atoms with E-state index in [0.717, 1.165) is 11.1 Å². The summed E-state index contributed by atoms with van der Waals surface area (Å²) in [5.41, 5.74) is 1.89. The molecule has 2 aliphatic rings. The van der Waals surface area contributed by atoms with Gasteiger partial charge in [-0.2, -0.15) is 0 Å². The SMILES string of the molecule is CO[C@@H]1[C@H](O)[C@@H](O[C@H]2[C@H](OC)[C@H](O)[C@@H](O)O[C@@H]2COCc2ccccc2)O[C@H](COCc2ccccc2)[C@H]1O. The van der Waals surface area contributed by atoms with Crippen LogP contribution in [0.4, 0.5) is 0 Å². The minimum Gasteiger partial charge on any atom is -0.387 e. The molecule has 0 amide bonds. The zero-order valence-electron chi connectivity index (χ0n) is 22.0. The fourth-order valence-electron chi connectivity index (χ4n) is 4.80. The van der Waals surface area contributed by atoms with Gasteiger partial charge in [-0.1, -0.05) is 60.7 Å². The van der Waals surface area contributed by atoms with Gasteiger partial charge < -0.3 is 53.6 Å². The summed E-state index contributed by atoms with van der Waals surface area (Å²) in [6.45, 7) is 0.575. The summed E-state index contributed by atoms with van der Waals surface area (Å²) in [6, 6.07) is 19.0. The number of ether oxygens (including phenoxy) is 7. The quantitative estimate of drug-likeness (QED) is 0.291. The van der Waals surface area contributed by atoms with Gasteiger partial charge in [-0.25, -0.2) is 0 Å². The average Bonchev–Trinajstić information content (AvgIpc) is 2.95. The molecule has 2 aromatic carbocycles. The summed E-state index contributed by atoms with van der Waals surface area (Å²) in [5, 5.41) is 42.5. The van der Waals surface area contributed by atoms with Gasteiger partial charge in [0, 0.05) is 14.2 Å². The van der Waals surface area contributed by atoms with Crippen molar-refractivity contribution in [1.29, 1.82) is 0 Å². The number of hydrogen-bond donors (Lipinski definition) is 4. The van der Waals surface area contributed by atoms with Crippen molar-refractivity contribution in [3.8, 4) is 0 Å². The van der Waals surface area contributed by atoms with Gasteiger partial charge in [-0.05, 0) is 11.1 Å². The molecule has 39 heavy (non-hydrogen) atoms. The lowest BCUT2D eigenvalue weighted by molar-refractivity contribution is -0.359. The summed E-state index contributed by atoms with van der Waals surface area (Å²) in [6.07, 6.45) is -11.7. The van der Waals surface area contributed by atoms with Crippen LogP contribution in [0.3, 0.4) is 0 Å². The number of rotatable bonds is 12. The lowest BCUT2D eigenvalue weighted by Gasteiger charge is -2.47. The molecule has 0 bridgehead atoms. The molecule has 2 aromatic rings. The van der Waals surface area contributed by atoms with Crippen molar-refractivity contribution in [2.75, 3.05) is 27.4 Å². The first-order valence-electron chi connectivity index (χ1n) is 12.9. The van der Waals surface area contributed by atoms with Gasteiger partial charge >= 0.3 is 0 Å². The van der Waals surface area contributed by atoms with Gasteiger partial charge in [-0.3, -0.25) is 0 Å². The summed E-state index contributed by atoms with van der Waals surface area (Å²) < 4.78 is 40.1. The molecular formula is C28H38O11. The Labute approximate surface area is 227 Å². The van der Waals surface area contributed by atoms with Crippen molar-refractivity contribution in [1.82, 2.24) is 0 Å². The first-order valence-corrected chi connectivity index (χ1v) is 12.9. The molecule has 0 aliphatic carbocycles. The number of benzene rings is 2. The predicted octanol–water partition coefficient (Wildman–Crippen LogP) is 0.360. The molecule has 11 heteroatoms. The van der Waals surface area contributed by atoms with E-state index in [1.165, 1.54) is 14.2 Å². The molecule has 10 atom stereocenters. The molecule has 0 aromatic heterocycles. The van der Waals surface area contributed by atoms with E-state index in [-0.39, 0.29) is 19.8 Å². The van der Waals surface area contributed by atoms with Crippen LogP contribution in [-0.2, 0) is 46.4 Å². The minimum absolute atomic E-state index is 0.00231. The third-order valence-corrected chi connectivity index (χ3v) is 6.90. The topological polar surface area (TPSA) is 146 Å². The molecule has 0 saturated carbocycles. The molecule has 216 valence electrons. The molecule has 11 nitrogen and oxygen atoms in total. The number of hydrogen-bond acceptors (Lipinski definition) is 11. The van der Waals surface area contributed by atoms with Crippen molar-refractivity contribution >= 4 is 0 Å². The highest BCUT2D eigenvalue weighted by molar-refractivity contribution is 5.14. The van der Waals surface area contributed by atoms with Crippen molar-refractivity contribution in [3.63, 3.8) is 0 Å². The predicted molar refractivity (Wildman–Crippen MR) is 136 cm³/mol. The highest BCUT2D eigenvalue weighted by atomic mass is 16.7. The van der Waals surface area contributed by atoms with Crippen molar-refractivity contribution < 1.29 is 53.6 Å². The van der Waals surface area contributed by atoms with Gasteiger partial charge in [0.2, 0.25) is 0 Å². The number of aliphatic hydroxyl groups is 4. The van der Waals surface area contributed by atoms with Crippen molar-refractivity contribution in [2.24, 2.45) is 0 Å². The van der Waals surface area contributed by atoms with Crippen LogP contribution in [0, 0.1) is 0 Å². The average molecular weight is 551 g/mol. The van der Waals surface area contributed by atoms with Crippen molar-refractivity contribution in [2.45, 2.75) is 74.6 Å². The molecule has 2 aliphatic heterocycles. The maximum atomic E-state index is 10.9. The maximum absolute atomic E-state index is 10.9. The minimum atomic E-state index is -1.54. The van der Waals surface area contributed by atoms with Crippen LogP contribution in [-0.4, -0.2) is 109 Å². The normalized spacial score (nSPS) is 35.1. The van der Waals surface area contributed by atoms with Crippen LogP contribution < -0.4 is 0 Å². The molecule has 4 rings (SSSR count). The Morgan fingerprint density at radius 2 is 1.15 bits per heavy atom. The summed E-state index contributed by atoms with van der Waals surface area (Å²) in [7, 11) is 2.73. The van der Waals surface area contributed by atoms with Gasteiger partial charge in [0.05, 0.1) is 26.4 Å². The second-order valence-electron chi connectivity index (χ2n) is 9.58. The molecule has 4 N–H and O–H groups in total. The lowest BCUT2D eigenvalue weighted by Crippen LogP contribution is -2.65. The van der Waals surface area contributed by atoms with Crippen molar-refractivity contribution in [3.05, 3.63) is 71.8 Å². The summed E-state index contributed by atoms with van der Waals surface area (Å²) in [5.74, 6) is 0. The van der Waals surface area contributed by atoms with E-state index in [0.29, 0.717) is 6.61 Å². The van der Waals surface area contributed by atoms with Crippen LogP contribution in [0.1, 0.15) is 11.1 Å². The maximum Gasteiger partial charge on any atom is 0.187 e. The fraction of sp³-hybridized carbons (Fsp3) is 0.571. The second kappa shape index (κ2) is 14.6. The largest absolute Gasteiger partial charge is 0.387 e. The highest BCUT2D eigenvalue weighted by Gasteiger charge is 2.51. The first-order chi connectivity index (χ1) is 18.9. The van der Waals surface area contributed by atoms with Crippen LogP contribution >= 0.6 is 0 Å². The van der Waals surface area contributed by atoms with Gasteiger partial charge in [0.1, 0.15) is 48.8 Å². The van der Waals surface area contributed by atoms with E-state index in [1.807, 2.05) is 60.7 Å². The van der Waals surface area contributed by atoms with Gasteiger partial charge in [-0.15, -0.1) is 0 Å². The highest BCUT2D eigenvalue weighted by Crippen LogP contribution is 2.31. The number of methoxy groups -OCH3 is 2. The van der Waals surface area contributed by atoms with E-state index in [9.17, 15) is 20.4 Å². The monoisotopic (exact) mass is 550 g/mol. The molecule has 0 spiro atoms. The van der Waals surface area contributed by atoms with Crippen LogP contribution in [0.25, 0.3) is 0 Å². The lowest BCUT2D eigenvalue weighted by atomic mass is 9.96. The molecule has 0 radical (unpaired) electrons. The Morgan fingerprint density at radius 3 is 1.69 bits per heavy atom. The zero-order chi connectivity index (χ0) is 27.8. The Morgan fingerprint density at radius 1 is 0.615 bits per heavy atom. The molecule has 2 fully saturated rings. The number of aliphatic hydroxyl groups excluding tert-OH is 4.